The number of aliphatic hydroxyl groups is 1. The molecule has 0 spiro atoms. The molecule has 0 amide bonds. The van der Waals surface area contributed by atoms with Crippen molar-refractivity contribution in [1.82, 2.24) is 0 Å². The summed E-state index contributed by atoms with van der Waals surface area (Å²) in [5.41, 5.74) is 1.20. The number of benzene rings is 2. The standard InChI is InChI=1S/C27H32OSi/c1-2-3-4-5-6-13-18-24-25-19-20-29(27(25)21-26(24)28,22-14-9-7-10-15-22)23-16-11-8-12-17-23/h6-18,21,25-26,28H,2-5,19-20H2,1H3/b13-6+,24-18+/t25-,26-/m0/s1. The predicted octanol–water partition coefficient (Wildman–Crippen LogP) is 5.17. The molecule has 1 aliphatic heterocycles. The summed E-state index contributed by atoms with van der Waals surface area (Å²) in [6, 6.07) is 23.4. The first-order valence-electron chi connectivity index (χ1n) is 11.2. The van der Waals surface area contributed by atoms with Gasteiger partial charge in [0.2, 0.25) is 0 Å². The fraction of sp³-hybridized carbons (Fsp3) is 0.333. The normalized spacial score (nSPS) is 24.2. The van der Waals surface area contributed by atoms with Crippen molar-refractivity contribution in [3.8, 4) is 0 Å². The topological polar surface area (TPSA) is 20.2 Å². The van der Waals surface area contributed by atoms with Crippen LogP contribution < -0.4 is 10.4 Å². The Morgan fingerprint density at radius 2 is 1.62 bits per heavy atom. The largest absolute Gasteiger partial charge is 0.385 e. The van der Waals surface area contributed by atoms with Crippen LogP contribution in [0.5, 0.6) is 0 Å². The molecule has 1 saturated heterocycles. The Morgan fingerprint density at radius 3 is 2.24 bits per heavy atom. The summed E-state index contributed by atoms with van der Waals surface area (Å²) in [5, 5.41) is 15.4. The van der Waals surface area contributed by atoms with Crippen molar-refractivity contribution in [2.75, 3.05) is 0 Å². The van der Waals surface area contributed by atoms with Gasteiger partial charge in [-0.1, -0.05) is 110 Å². The lowest BCUT2D eigenvalue weighted by molar-refractivity contribution is 0.257. The monoisotopic (exact) mass is 400 g/mol. The lowest BCUT2D eigenvalue weighted by atomic mass is 9.98. The van der Waals surface area contributed by atoms with Gasteiger partial charge in [0.05, 0.1) is 6.10 Å². The molecule has 1 aliphatic carbocycles. The SMILES string of the molecule is CCCCC/C=C/C=C1\[C@@H]2CC[Si](c3ccccc3)(c3ccccc3)C2=C[C@@H]1O. The zero-order chi connectivity index (χ0) is 20.1. The minimum atomic E-state index is -2.03. The van der Waals surface area contributed by atoms with Crippen LogP contribution in [-0.4, -0.2) is 19.3 Å². The Hall–Kier alpha value is -2.16. The molecule has 0 unspecified atom stereocenters. The fourth-order valence-corrected chi connectivity index (χ4v) is 10.7. The smallest absolute Gasteiger partial charge is 0.144 e. The average Bonchev–Trinajstić information content (AvgIpc) is 3.29. The number of fused-ring (bicyclic) bond motifs is 1. The molecule has 1 nitrogen and oxygen atoms in total. The average molecular weight is 401 g/mol. The van der Waals surface area contributed by atoms with Crippen LogP contribution >= 0.6 is 0 Å². The van der Waals surface area contributed by atoms with E-state index >= 15 is 0 Å². The van der Waals surface area contributed by atoms with E-state index < -0.39 is 14.2 Å². The molecule has 2 aromatic rings. The Morgan fingerprint density at radius 1 is 0.966 bits per heavy atom. The molecule has 150 valence electrons. The maximum atomic E-state index is 10.9. The van der Waals surface area contributed by atoms with E-state index in [4.69, 9.17) is 0 Å². The Labute approximate surface area is 176 Å². The molecule has 29 heavy (non-hydrogen) atoms. The van der Waals surface area contributed by atoms with E-state index in [1.807, 2.05) is 0 Å². The third-order valence-electron chi connectivity index (χ3n) is 6.69. The van der Waals surface area contributed by atoms with Gasteiger partial charge in [0.1, 0.15) is 8.07 Å². The number of allylic oxidation sites excluding steroid dienone is 4. The summed E-state index contributed by atoms with van der Waals surface area (Å²) < 4.78 is 0. The van der Waals surface area contributed by atoms with Gasteiger partial charge in [-0.05, 0) is 41.3 Å². The first-order valence-corrected chi connectivity index (χ1v) is 13.4. The molecule has 2 aliphatic rings. The van der Waals surface area contributed by atoms with Gasteiger partial charge in [-0.25, -0.2) is 0 Å². The van der Waals surface area contributed by atoms with E-state index in [1.54, 1.807) is 0 Å². The quantitative estimate of drug-likeness (QED) is 0.502. The maximum absolute atomic E-state index is 10.9. The number of hydrogen-bond acceptors (Lipinski definition) is 1. The van der Waals surface area contributed by atoms with Crippen molar-refractivity contribution in [1.29, 1.82) is 0 Å². The highest BCUT2D eigenvalue weighted by Crippen LogP contribution is 2.47. The van der Waals surface area contributed by atoms with E-state index in [0.29, 0.717) is 5.92 Å². The minimum Gasteiger partial charge on any atom is -0.385 e. The van der Waals surface area contributed by atoms with Crippen LogP contribution in [0.15, 0.2) is 95.7 Å². The van der Waals surface area contributed by atoms with E-state index in [0.717, 1.165) is 12.8 Å². The second kappa shape index (κ2) is 9.11. The third kappa shape index (κ3) is 3.84. The van der Waals surface area contributed by atoms with Crippen LogP contribution in [-0.2, 0) is 0 Å². The van der Waals surface area contributed by atoms with Crippen molar-refractivity contribution in [3.63, 3.8) is 0 Å². The molecule has 1 fully saturated rings. The lowest BCUT2D eigenvalue weighted by Crippen LogP contribution is -2.58. The molecule has 1 heterocycles. The van der Waals surface area contributed by atoms with Gasteiger partial charge in [0.25, 0.3) is 0 Å². The first kappa shape index (κ1) is 20.1. The van der Waals surface area contributed by atoms with Gasteiger partial charge in [-0.3, -0.25) is 0 Å². The predicted molar refractivity (Wildman–Crippen MR) is 126 cm³/mol. The van der Waals surface area contributed by atoms with E-state index in [1.165, 1.54) is 46.4 Å². The number of unbranched alkanes of at least 4 members (excludes halogenated alkanes) is 3. The molecule has 1 N–H and O–H groups in total. The summed E-state index contributed by atoms with van der Waals surface area (Å²) in [6.07, 6.45) is 14.5. The Balaban J connectivity index is 1.67. The highest BCUT2D eigenvalue weighted by Gasteiger charge is 2.52. The molecule has 0 bridgehead atoms. The lowest BCUT2D eigenvalue weighted by Gasteiger charge is -2.30. The Kier molecular flexibility index (Phi) is 6.32. The van der Waals surface area contributed by atoms with Crippen molar-refractivity contribution in [2.24, 2.45) is 5.92 Å². The number of hydrogen-bond donors (Lipinski definition) is 1. The van der Waals surface area contributed by atoms with Gasteiger partial charge in [0.15, 0.2) is 0 Å². The van der Waals surface area contributed by atoms with E-state index in [2.05, 4.69) is 91.9 Å². The van der Waals surface area contributed by atoms with Gasteiger partial charge in [0, 0.05) is 5.92 Å². The van der Waals surface area contributed by atoms with Crippen molar-refractivity contribution >= 4 is 18.4 Å². The van der Waals surface area contributed by atoms with Gasteiger partial charge < -0.3 is 5.11 Å². The summed E-state index contributed by atoms with van der Waals surface area (Å²) >= 11 is 0. The molecule has 0 saturated carbocycles. The van der Waals surface area contributed by atoms with Gasteiger partial charge >= 0.3 is 0 Å². The van der Waals surface area contributed by atoms with Gasteiger partial charge in [-0.15, -0.1) is 0 Å². The second-order valence-electron chi connectivity index (χ2n) is 8.39. The third-order valence-corrected chi connectivity index (χ3v) is 11.9. The molecule has 2 aromatic carbocycles. The molecule has 0 aromatic heterocycles. The zero-order valence-corrected chi connectivity index (χ0v) is 18.4. The zero-order valence-electron chi connectivity index (χ0n) is 17.4. The summed E-state index contributed by atoms with van der Waals surface area (Å²) in [5.74, 6) is 0.400. The van der Waals surface area contributed by atoms with E-state index in [9.17, 15) is 5.11 Å². The van der Waals surface area contributed by atoms with Crippen molar-refractivity contribution in [3.05, 3.63) is 95.7 Å². The van der Waals surface area contributed by atoms with Crippen LogP contribution in [0.4, 0.5) is 0 Å². The highest BCUT2D eigenvalue weighted by atomic mass is 28.3. The molecule has 2 atom stereocenters. The minimum absolute atomic E-state index is 0.400. The molecule has 2 heteroatoms. The van der Waals surface area contributed by atoms with Crippen molar-refractivity contribution < 1.29 is 5.11 Å². The summed E-state index contributed by atoms with van der Waals surface area (Å²) in [6.45, 7) is 2.24. The second-order valence-corrected chi connectivity index (χ2v) is 12.4. The molecule has 4 rings (SSSR count). The van der Waals surface area contributed by atoms with E-state index in [-0.39, 0.29) is 0 Å². The maximum Gasteiger partial charge on any atom is 0.144 e. The number of rotatable bonds is 7. The molecular weight excluding hydrogens is 368 g/mol. The highest BCUT2D eigenvalue weighted by molar-refractivity contribution is 7.08. The van der Waals surface area contributed by atoms with Crippen LogP contribution in [0.2, 0.25) is 6.04 Å². The fourth-order valence-electron chi connectivity index (χ4n) is 5.27. The summed E-state index contributed by atoms with van der Waals surface area (Å²) in [4.78, 5) is 0. The molecule has 0 radical (unpaired) electrons. The van der Waals surface area contributed by atoms with Crippen LogP contribution in [0.1, 0.15) is 39.0 Å². The number of aliphatic hydroxyl groups excluding tert-OH is 1. The van der Waals surface area contributed by atoms with Gasteiger partial charge in [-0.2, -0.15) is 0 Å². The molecular formula is C27H32OSi. The van der Waals surface area contributed by atoms with Crippen molar-refractivity contribution in [2.45, 2.75) is 51.2 Å². The van der Waals surface area contributed by atoms with Crippen LogP contribution in [0.3, 0.4) is 0 Å². The Bertz CT molecular complexity index is 855. The van der Waals surface area contributed by atoms with Crippen LogP contribution in [0, 0.1) is 5.92 Å². The van der Waals surface area contributed by atoms with Crippen LogP contribution in [0.25, 0.3) is 0 Å². The first-order chi connectivity index (χ1) is 14.3. The summed E-state index contributed by atoms with van der Waals surface area (Å²) in [7, 11) is -2.03.